The number of carbonyl (C=O) groups is 3. The highest BCUT2D eigenvalue weighted by molar-refractivity contribution is 5.88. The van der Waals surface area contributed by atoms with Crippen molar-refractivity contribution in [3.8, 4) is 0 Å². The topological polar surface area (TPSA) is 95.5 Å². The Hall–Kier alpha value is -2.37. The van der Waals surface area contributed by atoms with Crippen molar-refractivity contribution in [2.45, 2.75) is 32.4 Å². The number of rotatable bonds is 8. The normalized spacial score (nSPS) is 13.3. The highest BCUT2D eigenvalue weighted by Crippen LogP contribution is 2.06. The molecule has 0 saturated carbocycles. The van der Waals surface area contributed by atoms with Crippen molar-refractivity contribution in [3.05, 3.63) is 35.9 Å². The minimum absolute atomic E-state index is 0.138. The van der Waals surface area contributed by atoms with Crippen LogP contribution in [0.3, 0.4) is 0 Å². The van der Waals surface area contributed by atoms with Crippen LogP contribution in [0.5, 0.6) is 0 Å². The molecule has 0 fully saturated rings. The molecule has 0 aromatic heterocycles. The van der Waals surface area contributed by atoms with E-state index in [1.807, 2.05) is 6.07 Å². The molecule has 6 nitrogen and oxygen atoms in total. The Labute approximate surface area is 123 Å². The first-order chi connectivity index (χ1) is 9.95. The van der Waals surface area contributed by atoms with Gasteiger partial charge in [-0.1, -0.05) is 44.2 Å². The molecule has 0 aliphatic rings. The van der Waals surface area contributed by atoms with Gasteiger partial charge in [0, 0.05) is 6.42 Å². The highest BCUT2D eigenvalue weighted by Gasteiger charge is 2.27. The van der Waals surface area contributed by atoms with Crippen LogP contribution >= 0.6 is 0 Å². The molecule has 0 aliphatic carbocycles. The molecule has 0 aliphatic heterocycles. The fourth-order valence-corrected chi connectivity index (χ4v) is 1.96. The lowest BCUT2D eigenvalue weighted by molar-refractivity contribution is -0.142. The van der Waals surface area contributed by atoms with Gasteiger partial charge in [-0.3, -0.25) is 9.59 Å². The van der Waals surface area contributed by atoms with Gasteiger partial charge in [-0.05, 0) is 11.5 Å². The smallest absolute Gasteiger partial charge is 0.326 e. The summed E-state index contributed by atoms with van der Waals surface area (Å²) in [5, 5.41) is 14.1. The van der Waals surface area contributed by atoms with E-state index in [1.165, 1.54) is 0 Å². The van der Waals surface area contributed by atoms with Crippen molar-refractivity contribution < 1.29 is 19.5 Å². The molecule has 0 unspecified atom stereocenters. The number of carbonyl (C=O) groups excluding carboxylic acids is 2. The third-order valence-corrected chi connectivity index (χ3v) is 3.09. The second kappa shape index (κ2) is 8.04. The summed E-state index contributed by atoms with van der Waals surface area (Å²) in [6, 6.07) is 7.26. The summed E-state index contributed by atoms with van der Waals surface area (Å²) in [6.45, 7) is 3.54. The molecule has 1 rings (SSSR count). The fraction of sp³-hybridized carbons (Fsp3) is 0.400. The minimum atomic E-state index is -1.11. The largest absolute Gasteiger partial charge is 0.480 e. The van der Waals surface area contributed by atoms with Gasteiger partial charge in [0.2, 0.25) is 12.3 Å². The second-order valence-corrected chi connectivity index (χ2v) is 5.10. The summed E-state index contributed by atoms with van der Waals surface area (Å²) >= 11 is 0. The number of benzene rings is 1. The van der Waals surface area contributed by atoms with Crippen molar-refractivity contribution in [1.82, 2.24) is 10.6 Å². The Morgan fingerprint density at radius 2 is 1.86 bits per heavy atom. The van der Waals surface area contributed by atoms with Gasteiger partial charge < -0.3 is 15.7 Å². The Morgan fingerprint density at radius 3 is 2.33 bits per heavy atom. The maximum absolute atomic E-state index is 12.1. The summed E-state index contributed by atoms with van der Waals surface area (Å²) in [4.78, 5) is 33.9. The predicted molar refractivity (Wildman–Crippen MR) is 77.5 cm³/mol. The van der Waals surface area contributed by atoms with E-state index in [2.05, 4.69) is 10.6 Å². The molecule has 1 aromatic rings. The number of hydrogen-bond donors (Lipinski definition) is 3. The lowest BCUT2D eigenvalue weighted by atomic mass is 10.0. The van der Waals surface area contributed by atoms with E-state index in [4.69, 9.17) is 0 Å². The lowest BCUT2D eigenvalue weighted by Crippen LogP contribution is -2.52. The molecule has 0 heterocycles. The Kier molecular flexibility index (Phi) is 6.39. The molecular weight excluding hydrogens is 272 g/mol. The lowest BCUT2D eigenvalue weighted by Gasteiger charge is -2.22. The molecule has 21 heavy (non-hydrogen) atoms. The molecule has 0 saturated heterocycles. The van der Waals surface area contributed by atoms with E-state index < -0.39 is 24.0 Å². The van der Waals surface area contributed by atoms with Crippen LogP contribution < -0.4 is 10.6 Å². The van der Waals surface area contributed by atoms with Crippen molar-refractivity contribution in [2.24, 2.45) is 5.92 Å². The summed E-state index contributed by atoms with van der Waals surface area (Å²) in [5.74, 6) is -1.75. The molecule has 3 N–H and O–H groups in total. The minimum Gasteiger partial charge on any atom is -0.480 e. The number of amides is 2. The summed E-state index contributed by atoms with van der Waals surface area (Å²) in [5.41, 5.74) is 0.814. The standard InChI is InChI=1S/C15H20N2O4/c1-10(2)13(16-9-18)14(19)17-12(15(20)21)8-11-6-4-3-5-7-11/h3-7,9-10,12-13H,8H2,1-2H3,(H,16,18)(H,17,19)(H,20,21)/t12-,13-/m0/s1. The number of carboxylic acid groups (broad SMARTS) is 1. The molecule has 2 atom stereocenters. The van der Waals surface area contributed by atoms with Crippen molar-refractivity contribution in [3.63, 3.8) is 0 Å². The molecule has 1 aromatic carbocycles. The Morgan fingerprint density at radius 1 is 1.24 bits per heavy atom. The maximum atomic E-state index is 12.1. The van der Waals surface area contributed by atoms with Crippen LogP contribution in [0.2, 0.25) is 0 Å². The summed E-state index contributed by atoms with van der Waals surface area (Å²) in [7, 11) is 0. The van der Waals surface area contributed by atoms with Gasteiger partial charge >= 0.3 is 5.97 Å². The average molecular weight is 292 g/mol. The van der Waals surface area contributed by atoms with Gasteiger partial charge in [-0.15, -0.1) is 0 Å². The monoisotopic (exact) mass is 292 g/mol. The van der Waals surface area contributed by atoms with Crippen LogP contribution in [-0.2, 0) is 20.8 Å². The zero-order chi connectivity index (χ0) is 15.8. The van der Waals surface area contributed by atoms with Gasteiger partial charge in [0.05, 0.1) is 0 Å². The number of nitrogens with one attached hydrogen (secondary N) is 2. The molecule has 0 spiro atoms. The zero-order valence-corrected chi connectivity index (χ0v) is 12.1. The Bertz CT molecular complexity index is 488. The van der Waals surface area contributed by atoms with Gasteiger partial charge in [0.15, 0.2) is 0 Å². The van der Waals surface area contributed by atoms with Crippen LogP contribution in [-0.4, -0.2) is 35.5 Å². The van der Waals surface area contributed by atoms with Crippen LogP contribution in [0.25, 0.3) is 0 Å². The van der Waals surface area contributed by atoms with E-state index in [0.29, 0.717) is 6.41 Å². The van der Waals surface area contributed by atoms with E-state index in [0.717, 1.165) is 5.56 Å². The van der Waals surface area contributed by atoms with Crippen molar-refractivity contribution >= 4 is 18.3 Å². The maximum Gasteiger partial charge on any atom is 0.326 e. The van der Waals surface area contributed by atoms with Gasteiger partial charge in [-0.2, -0.15) is 0 Å². The molecule has 2 amide bonds. The number of hydrogen-bond acceptors (Lipinski definition) is 3. The van der Waals surface area contributed by atoms with Gasteiger partial charge in [0.1, 0.15) is 12.1 Å². The third kappa shape index (κ3) is 5.25. The first kappa shape index (κ1) is 16.7. The molecule has 0 radical (unpaired) electrons. The first-order valence-corrected chi connectivity index (χ1v) is 6.72. The molecule has 114 valence electrons. The Balaban J connectivity index is 2.76. The molecule has 0 bridgehead atoms. The van der Waals surface area contributed by atoms with Crippen LogP contribution in [0, 0.1) is 5.92 Å². The van der Waals surface area contributed by atoms with E-state index in [-0.39, 0.29) is 12.3 Å². The number of carboxylic acids is 1. The van der Waals surface area contributed by atoms with Crippen LogP contribution in [0.1, 0.15) is 19.4 Å². The SMILES string of the molecule is CC(C)[C@H](NC=O)C(=O)N[C@@H](Cc1ccccc1)C(=O)O. The zero-order valence-electron chi connectivity index (χ0n) is 12.1. The molecule has 6 heteroatoms. The van der Waals surface area contributed by atoms with E-state index in [1.54, 1.807) is 38.1 Å². The van der Waals surface area contributed by atoms with E-state index in [9.17, 15) is 19.5 Å². The predicted octanol–water partition coefficient (Wildman–Crippen LogP) is 0.569. The highest BCUT2D eigenvalue weighted by atomic mass is 16.4. The van der Waals surface area contributed by atoms with Crippen molar-refractivity contribution in [2.75, 3.05) is 0 Å². The average Bonchev–Trinajstić information content (AvgIpc) is 2.44. The fourth-order valence-electron chi connectivity index (χ4n) is 1.96. The summed E-state index contributed by atoms with van der Waals surface area (Å²) in [6.07, 6.45) is 0.630. The quantitative estimate of drug-likeness (QED) is 0.610. The van der Waals surface area contributed by atoms with Gasteiger partial charge in [-0.25, -0.2) is 4.79 Å². The molecular formula is C15H20N2O4. The van der Waals surface area contributed by atoms with E-state index >= 15 is 0 Å². The third-order valence-electron chi connectivity index (χ3n) is 3.09. The van der Waals surface area contributed by atoms with Crippen LogP contribution in [0.15, 0.2) is 30.3 Å². The first-order valence-electron chi connectivity index (χ1n) is 6.72. The van der Waals surface area contributed by atoms with Gasteiger partial charge in [0.25, 0.3) is 0 Å². The van der Waals surface area contributed by atoms with Crippen LogP contribution in [0.4, 0.5) is 0 Å². The second-order valence-electron chi connectivity index (χ2n) is 5.10. The summed E-state index contributed by atoms with van der Waals surface area (Å²) < 4.78 is 0. The van der Waals surface area contributed by atoms with Crippen molar-refractivity contribution in [1.29, 1.82) is 0 Å². The number of aliphatic carboxylic acids is 1.